The van der Waals surface area contributed by atoms with E-state index in [4.69, 9.17) is 4.42 Å². The molecule has 0 amide bonds. The van der Waals surface area contributed by atoms with Crippen LogP contribution in [0.1, 0.15) is 24.3 Å². The molecule has 0 saturated heterocycles. The average molecular weight is 227 g/mol. The van der Waals surface area contributed by atoms with Crippen molar-refractivity contribution in [2.45, 2.75) is 13.0 Å². The summed E-state index contributed by atoms with van der Waals surface area (Å²) in [6, 6.07) is 14.4. The lowest BCUT2D eigenvalue weighted by Gasteiger charge is -2.08. The fraction of sp³-hybridized carbons (Fsp3) is 0.200. The molecule has 2 rings (SSSR count). The number of rotatable bonds is 5. The molecule has 1 N–H and O–H groups in total. The van der Waals surface area contributed by atoms with Gasteiger partial charge in [0, 0.05) is 6.54 Å². The van der Waals surface area contributed by atoms with Crippen molar-refractivity contribution in [2.24, 2.45) is 0 Å². The van der Waals surface area contributed by atoms with Gasteiger partial charge in [-0.1, -0.05) is 42.5 Å². The molecule has 0 aliphatic rings. The zero-order chi connectivity index (χ0) is 11.9. The minimum atomic E-state index is 0.241. The van der Waals surface area contributed by atoms with Gasteiger partial charge in [-0.25, -0.2) is 0 Å². The number of nitrogens with one attached hydrogen (secondary N) is 1. The summed E-state index contributed by atoms with van der Waals surface area (Å²) in [4.78, 5) is 0. The summed E-state index contributed by atoms with van der Waals surface area (Å²) in [6.07, 6.45) is 5.93. The van der Waals surface area contributed by atoms with Crippen molar-refractivity contribution in [2.75, 3.05) is 6.54 Å². The Kier molecular flexibility index (Phi) is 4.17. The van der Waals surface area contributed by atoms with Gasteiger partial charge in [0.2, 0.25) is 0 Å². The normalized spacial score (nSPS) is 13.0. The molecule has 2 aromatic rings. The number of benzene rings is 1. The largest absolute Gasteiger partial charge is 0.468 e. The predicted octanol–water partition coefficient (Wildman–Crippen LogP) is 3.64. The summed E-state index contributed by atoms with van der Waals surface area (Å²) in [5, 5.41) is 3.37. The van der Waals surface area contributed by atoms with Crippen LogP contribution in [-0.4, -0.2) is 6.54 Å². The van der Waals surface area contributed by atoms with Crippen LogP contribution in [0.25, 0.3) is 6.08 Å². The lowest BCUT2D eigenvalue weighted by atomic mass is 10.2. The summed E-state index contributed by atoms with van der Waals surface area (Å²) in [7, 11) is 0. The number of furan rings is 1. The highest BCUT2D eigenvalue weighted by Gasteiger charge is 2.04. The molecule has 1 atom stereocenters. The van der Waals surface area contributed by atoms with E-state index in [0.717, 1.165) is 12.3 Å². The minimum absolute atomic E-state index is 0.241. The van der Waals surface area contributed by atoms with E-state index in [-0.39, 0.29) is 6.04 Å². The van der Waals surface area contributed by atoms with Crippen LogP contribution in [0, 0.1) is 0 Å². The lowest BCUT2D eigenvalue weighted by molar-refractivity contribution is 0.442. The Morgan fingerprint density at radius 1 is 1.18 bits per heavy atom. The molecule has 17 heavy (non-hydrogen) atoms. The van der Waals surface area contributed by atoms with Gasteiger partial charge in [0.05, 0.1) is 12.3 Å². The molecule has 0 bridgehead atoms. The van der Waals surface area contributed by atoms with Crippen molar-refractivity contribution in [3.05, 3.63) is 66.1 Å². The first kappa shape index (κ1) is 11.7. The highest BCUT2D eigenvalue weighted by molar-refractivity contribution is 5.48. The molecule has 0 radical (unpaired) electrons. The van der Waals surface area contributed by atoms with E-state index in [1.54, 1.807) is 6.26 Å². The Morgan fingerprint density at radius 2 is 2.00 bits per heavy atom. The standard InChI is InChI=1S/C15H17NO/c1-13(15-10-6-12-17-15)16-11-5-9-14-7-3-2-4-8-14/h2-10,12-13,16H,11H2,1H3/b9-5+. The van der Waals surface area contributed by atoms with Gasteiger partial charge in [0.25, 0.3) is 0 Å². The molecular formula is C15H17NO. The summed E-state index contributed by atoms with van der Waals surface area (Å²) in [5.74, 6) is 0.970. The Balaban J connectivity index is 1.78. The van der Waals surface area contributed by atoms with Gasteiger partial charge in [-0.2, -0.15) is 0 Å². The first-order chi connectivity index (χ1) is 8.36. The lowest BCUT2D eigenvalue weighted by Crippen LogP contribution is -2.17. The smallest absolute Gasteiger partial charge is 0.120 e. The molecule has 2 heteroatoms. The summed E-state index contributed by atoms with van der Waals surface area (Å²) in [5.41, 5.74) is 1.22. The third-order valence-corrected chi connectivity index (χ3v) is 2.62. The molecule has 1 aromatic heterocycles. The van der Waals surface area contributed by atoms with Crippen molar-refractivity contribution in [3.63, 3.8) is 0 Å². The third kappa shape index (κ3) is 3.61. The monoisotopic (exact) mass is 227 g/mol. The minimum Gasteiger partial charge on any atom is -0.468 e. The SMILES string of the molecule is CC(NC/C=C/c1ccccc1)c1ccco1. The average Bonchev–Trinajstić information content (AvgIpc) is 2.89. The Hall–Kier alpha value is -1.80. The van der Waals surface area contributed by atoms with Crippen LogP contribution in [0.2, 0.25) is 0 Å². The molecular weight excluding hydrogens is 210 g/mol. The van der Waals surface area contributed by atoms with Crippen LogP contribution in [0.15, 0.2) is 59.2 Å². The van der Waals surface area contributed by atoms with Gasteiger partial charge in [-0.3, -0.25) is 0 Å². The van der Waals surface area contributed by atoms with E-state index in [0.29, 0.717) is 0 Å². The molecule has 1 heterocycles. The van der Waals surface area contributed by atoms with Crippen LogP contribution in [0.4, 0.5) is 0 Å². The first-order valence-corrected chi connectivity index (χ1v) is 5.84. The van der Waals surface area contributed by atoms with Gasteiger partial charge < -0.3 is 9.73 Å². The second-order valence-electron chi connectivity index (χ2n) is 3.96. The van der Waals surface area contributed by atoms with Gasteiger partial charge in [-0.15, -0.1) is 0 Å². The maximum absolute atomic E-state index is 5.32. The van der Waals surface area contributed by atoms with Crippen molar-refractivity contribution >= 4 is 6.08 Å². The van der Waals surface area contributed by atoms with E-state index >= 15 is 0 Å². The second kappa shape index (κ2) is 6.06. The molecule has 0 aliphatic heterocycles. The van der Waals surface area contributed by atoms with Gasteiger partial charge >= 0.3 is 0 Å². The predicted molar refractivity (Wildman–Crippen MR) is 70.6 cm³/mol. The maximum Gasteiger partial charge on any atom is 0.120 e. The fourth-order valence-electron chi connectivity index (χ4n) is 1.64. The van der Waals surface area contributed by atoms with Crippen molar-refractivity contribution < 1.29 is 4.42 Å². The van der Waals surface area contributed by atoms with Crippen LogP contribution in [0.3, 0.4) is 0 Å². The Bertz CT molecular complexity index is 445. The zero-order valence-corrected chi connectivity index (χ0v) is 9.97. The summed E-state index contributed by atoms with van der Waals surface area (Å²) < 4.78 is 5.32. The van der Waals surface area contributed by atoms with Crippen molar-refractivity contribution in [1.82, 2.24) is 5.32 Å². The maximum atomic E-state index is 5.32. The third-order valence-electron chi connectivity index (χ3n) is 2.62. The Morgan fingerprint density at radius 3 is 2.71 bits per heavy atom. The van der Waals surface area contributed by atoms with Crippen LogP contribution >= 0.6 is 0 Å². The van der Waals surface area contributed by atoms with E-state index in [1.807, 2.05) is 30.3 Å². The second-order valence-corrected chi connectivity index (χ2v) is 3.96. The summed E-state index contributed by atoms with van der Waals surface area (Å²) in [6.45, 7) is 2.92. The topological polar surface area (TPSA) is 25.2 Å². The van der Waals surface area contributed by atoms with E-state index in [2.05, 4.69) is 36.5 Å². The van der Waals surface area contributed by atoms with Crippen molar-refractivity contribution in [1.29, 1.82) is 0 Å². The molecule has 88 valence electrons. The van der Waals surface area contributed by atoms with Crippen LogP contribution < -0.4 is 5.32 Å². The highest BCUT2D eigenvalue weighted by Crippen LogP contribution is 2.11. The molecule has 1 unspecified atom stereocenters. The van der Waals surface area contributed by atoms with E-state index in [1.165, 1.54) is 5.56 Å². The van der Waals surface area contributed by atoms with Crippen LogP contribution in [-0.2, 0) is 0 Å². The van der Waals surface area contributed by atoms with Crippen molar-refractivity contribution in [3.8, 4) is 0 Å². The van der Waals surface area contributed by atoms with Crippen LogP contribution in [0.5, 0.6) is 0 Å². The quantitative estimate of drug-likeness (QED) is 0.843. The summed E-state index contributed by atoms with van der Waals surface area (Å²) >= 11 is 0. The zero-order valence-electron chi connectivity index (χ0n) is 9.97. The molecule has 2 nitrogen and oxygen atoms in total. The van der Waals surface area contributed by atoms with Gasteiger partial charge in [0.1, 0.15) is 5.76 Å². The molecule has 1 aromatic carbocycles. The van der Waals surface area contributed by atoms with E-state index < -0.39 is 0 Å². The number of hydrogen-bond donors (Lipinski definition) is 1. The highest BCUT2D eigenvalue weighted by atomic mass is 16.3. The van der Waals surface area contributed by atoms with Gasteiger partial charge in [-0.05, 0) is 24.6 Å². The molecule has 0 saturated carbocycles. The van der Waals surface area contributed by atoms with Gasteiger partial charge in [0.15, 0.2) is 0 Å². The molecule has 0 spiro atoms. The first-order valence-electron chi connectivity index (χ1n) is 5.84. The number of hydrogen-bond acceptors (Lipinski definition) is 2. The molecule has 0 fully saturated rings. The van der Waals surface area contributed by atoms with E-state index in [9.17, 15) is 0 Å². The Labute approximate surface area is 102 Å². The molecule has 0 aliphatic carbocycles. The fourth-order valence-corrected chi connectivity index (χ4v) is 1.64.